The second-order valence-electron chi connectivity index (χ2n) is 7.27. The fourth-order valence-electron chi connectivity index (χ4n) is 2.99. The summed E-state index contributed by atoms with van der Waals surface area (Å²) in [6, 6.07) is 3.71. The summed E-state index contributed by atoms with van der Waals surface area (Å²) in [5.41, 5.74) is 0. The van der Waals surface area contributed by atoms with Crippen LogP contribution in [-0.2, 0) is 14.8 Å². The van der Waals surface area contributed by atoms with Gasteiger partial charge in [-0.1, -0.05) is 27.2 Å². The van der Waals surface area contributed by atoms with Crippen LogP contribution in [-0.4, -0.2) is 51.6 Å². The van der Waals surface area contributed by atoms with Crippen molar-refractivity contribution >= 4 is 15.9 Å². The minimum absolute atomic E-state index is 0.0619. The maximum Gasteiger partial charge on any atom is 0.241 e. The molecular weight excluding hydrogens is 380 g/mol. The summed E-state index contributed by atoms with van der Waals surface area (Å²) in [5, 5.41) is 0. The first-order valence-corrected chi connectivity index (χ1v) is 11.5. The molecule has 1 N–H and O–H groups in total. The Labute approximate surface area is 168 Å². The minimum Gasteiger partial charge on any atom is -0.490 e. The van der Waals surface area contributed by atoms with Gasteiger partial charge < -0.3 is 14.4 Å². The second kappa shape index (κ2) is 10.1. The number of unbranched alkanes of at least 4 members (excludes halogenated alkanes) is 1. The average molecular weight is 413 g/mol. The minimum atomic E-state index is -3.89. The van der Waals surface area contributed by atoms with E-state index in [2.05, 4.69) is 11.6 Å². The van der Waals surface area contributed by atoms with Crippen LogP contribution in [0.2, 0.25) is 0 Å². The lowest BCUT2D eigenvalue weighted by molar-refractivity contribution is -0.133. The zero-order valence-corrected chi connectivity index (χ0v) is 18.0. The van der Waals surface area contributed by atoms with Crippen LogP contribution in [0.3, 0.4) is 0 Å². The Kier molecular flexibility index (Phi) is 8.12. The van der Waals surface area contributed by atoms with E-state index in [9.17, 15) is 13.2 Å². The molecule has 28 heavy (non-hydrogen) atoms. The standard InChI is InChI=1S/C20H32N2O5S/c1-5-7-11-22(6-2)20(23)19(15(3)4)21-28(24,25)16-9-10-17-18(14-16)27-13-8-12-26-17/h9-10,14-15,19,21H,5-8,11-13H2,1-4H3. The molecule has 0 aliphatic carbocycles. The van der Waals surface area contributed by atoms with Crippen LogP contribution in [0.15, 0.2) is 23.1 Å². The van der Waals surface area contributed by atoms with E-state index in [0.717, 1.165) is 19.3 Å². The summed E-state index contributed by atoms with van der Waals surface area (Å²) < 4.78 is 39.7. The van der Waals surface area contributed by atoms with Gasteiger partial charge in [-0.2, -0.15) is 4.72 Å². The molecule has 1 amide bonds. The van der Waals surface area contributed by atoms with E-state index in [1.165, 1.54) is 12.1 Å². The second-order valence-corrected chi connectivity index (χ2v) is 8.99. The monoisotopic (exact) mass is 412 g/mol. The molecule has 0 saturated heterocycles. The van der Waals surface area contributed by atoms with Crippen molar-refractivity contribution in [3.63, 3.8) is 0 Å². The molecular formula is C20H32N2O5S. The summed E-state index contributed by atoms with van der Waals surface area (Å²) in [5.74, 6) is 0.567. The number of nitrogens with zero attached hydrogens (tertiary/aromatic N) is 1. The van der Waals surface area contributed by atoms with E-state index in [1.54, 1.807) is 11.0 Å². The molecule has 1 atom stereocenters. The molecule has 0 aromatic heterocycles. The number of carbonyl (C=O) groups excluding carboxylic acids is 1. The maximum absolute atomic E-state index is 13.0. The molecule has 0 spiro atoms. The van der Waals surface area contributed by atoms with Gasteiger partial charge >= 0.3 is 0 Å². The first kappa shape index (κ1) is 22.5. The van der Waals surface area contributed by atoms with Gasteiger partial charge in [-0.25, -0.2) is 8.42 Å². The number of fused-ring (bicyclic) bond motifs is 1. The lowest BCUT2D eigenvalue weighted by Gasteiger charge is -2.29. The molecule has 1 heterocycles. The normalized spacial score (nSPS) is 15.2. The highest BCUT2D eigenvalue weighted by atomic mass is 32.2. The van der Waals surface area contributed by atoms with Crippen molar-refractivity contribution in [1.29, 1.82) is 0 Å². The molecule has 1 aliphatic heterocycles. The molecule has 7 nitrogen and oxygen atoms in total. The van der Waals surface area contributed by atoms with Crippen LogP contribution in [0.4, 0.5) is 0 Å². The molecule has 0 radical (unpaired) electrons. The summed E-state index contributed by atoms with van der Waals surface area (Å²) in [7, 11) is -3.89. The van der Waals surface area contributed by atoms with Gasteiger partial charge in [0.2, 0.25) is 15.9 Å². The van der Waals surface area contributed by atoms with Crippen molar-refractivity contribution in [3.05, 3.63) is 18.2 Å². The van der Waals surface area contributed by atoms with Gasteiger partial charge in [0.25, 0.3) is 0 Å². The molecule has 158 valence electrons. The molecule has 0 bridgehead atoms. The van der Waals surface area contributed by atoms with E-state index in [1.807, 2.05) is 20.8 Å². The third-order valence-electron chi connectivity index (χ3n) is 4.72. The number of ether oxygens (including phenoxy) is 2. The van der Waals surface area contributed by atoms with Gasteiger partial charge in [0.15, 0.2) is 11.5 Å². The van der Waals surface area contributed by atoms with Crippen molar-refractivity contribution in [3.8, 4) is 11.5 Å². The quantitative estimate of drug-likeness (QED) is 0.674. The summed E-state index contributed by atoms with van der Waals surface area (Å²) in [6.45, 7) is 9.83. The van der Waals surface area contributed by atoms with Crippen molar-refractivity contribution < 1.29 is 22.7 Å². The summed E-state index contributed by atoms with van der Waals surface area (Å²) >= 11 is 0. The van der Waals surface area contributed by atoms with Gasteiger partial charge in [-0.3, -0.25) is 4.79 Å². The SMILES string of the molecule is CCCCN(CC)C(=O)C(NS(=O)(=O)c1ccc2c(c1)OCCCO2)C(C)C. The third kappa shape index (κ3) is 5.61. The number of benzene rings is 1. The first-order chi connectivity index (χ1) is 13.3. The number of carbonyl (C=O) groups is 1. The highest BCUT2D eigenvalue weighted by Gasteiger charge is 2.31. The third-order valence-corrected chi connectivity index (χ3v) is 6.16. The number of hydrogen-bond donors (Lipinski definition) is 1. The largest absolute Gasteiger partial charge is 0.490 e. The fraction of sp³-hybridized carbons (Fsp3) is 0.650. The van der Waals surface area contributed by atoms with Crippen LogP contribution >= 0.6 is 0 Å². The number of rotatable bonds is 9. The fourth-order valence-corrected chi connectivity index (χ4v) is 4.34. The van der Waals surface area contributed by atoms with Gasteiger partial charge in [0.05, 0.1) is 18.1 Å². The Morgan fingerprint density at radius 2 is 1.86 bits per heavy atom. The molecule has 8 heteroatoms. The van der Waals surface area contributed by atoms with E-state index in [-0.39, 0.29) is 16.7 Å². The zero-order chi connectivity index (χ0) is 20.7. The number of nitrogens with one attached hydrogen (secondary N) is 1. The summed E-state index contributed by atoms with van der Waals surface area (Å²) in [6.07, 6.45) is 2.60. The van der Waals surface area contributed by atoms with Gasteiger partial charge in [0, 0.05) is 25.6 Å². The Morgan fingerprint density at radius 1 is 1.18 bits per heavy atom. The van der Waals surface area contributed by atoms with Crippen LogP contribution in [0, 0.1) is 5.92 Å². The Hall–Kier alpha value is -1.80. The number of likely N-dealkylation sites (N-methyl/N-ethyl adjacent to an activating group) is 1. The van der Waals surface area contributed by atoms with Crippen molar-refractivity contribution in [2.75, 3.05) is 26.3 Å². The highest BCUT2D eigenvalue weighted by Crippen LogP contribution is 2.32. The van der Waals surface area contributed by atoms with Crippen LogP contribution in [0.5, 0.6) is 11.5 Å². The van der Waals surface area contributed by atoms with E-state index in [0.29, 0.717) is 37.8 Å². The van der Waals surface area contributed by atoms with Gasteiger partial charge in [0.1, 0.15) is 6.04 Å². The Balaban J connectivity index is 2.23. The van der Waals surface area contributed by atoms with Crippen molar-refractivity contribution in [2.45, 2.75) is 57.9 Å². The predicted octanol–water partition coefficient (Wildman–Crippen LogP) is 2.80. The van der Waals surface area contributed by atoms with E-state index < -0.39 is 16.1 Å². The van der Waals surface area contributed by atoms with Crippen molar-refractivity contribution in [1.82, 2.24) is 9.62 Å². The lowest BCUT2D eigenvalue weighted by atomic mass is 10.0. The number of amides is 1. The number of sulfonamides is 1. The highest BCUT2D eigenvalue weighted by molar-refractivity contribution is 7.89. The topological polar surface area (TPSA) is 84.9 Å². The molecule has 2 rings (SSSR count). The van der Waals surface area contributed by atoms with Crippen LogP contribution < -0.4 is 14.2 Å². The van der Waals surface area contributed by atoms with Crippen LogP contribution in [0.1, 0.15) is 47.0 Å². The van der Waals surface area contributed by atoms with Gasteiger partial charge in [-0.05, 0) is 31.4 Å². The molecule has 0 fully saturated rings. The zero-order valence-electron chi connectivity index (χ0n) is 17.2. The maximum atomic E-state index is 13.0. The first-order valence-electron chi connectivity index (χ1n) is 10.0. The smallest absolute Gasteiger partial charge is 0.241 e. The molecule has 1 unspecified atom stereocenters. The Morgan fingerprint density at radius 3 is 2.46 bits per heavy atom. The van der Waals surface area contributed by atoms with E-state index >= 15 is 0 Å². The molecule has 0 saturated carbocycles. The predicted molar refractivity (Wildman–Crippen MR) is 108 cm³/mol. The average Bonchev–Trinajstić information content (AvgIpc) is 2.91. The lowest BCUT2D eigenvalue weighted by Crippen LogP contribution is -2.51. The molecule has 1 aliphatic rings. The molecule has 1 aromatic rings. The van der Waals surface area contributed by atoms with Gasteiger partial charge in [-0.15, -0.1) is 0 Å². The molecule has 1 aromatic carbocycles. The number of hydrogen-bond acceptors (Lipinski definition) is 5. The van der Waals surface area contributed by atoms with Crippen molar-refractivity contribution in [2.24, 2.45) is 5.92 Å². The van der Waals surface area contributed by atoms with E-state index in [4.69, 9.17) is 9.47 Å². The summed E-state index contributed by atoms with van der Waals surface area (Å²) in [4.78, 5) is 14.7. The van der Waals surface area contributed by atoms with Crippen LogP contribution in [0.25, 0.3) is 0 Å². The Bertz CT molecular complexity index is 764.